The predicted molar refractivity (Wildman–Crippen MR) is 94.9 cm³/mol. The van der Waals surface area contributed by atoms with E-state index in [1.807, 2.05) is 25.1 Å². The molecule has 0 heterocycles. The van der Waals surface area contributed by atoms with E-state index in [1.165, 1.54) is 19.2 Å². The van der Waals surface area contributed by atoms with E-state index in [4.69, 9.17) is 27.9 Å². The summed E-state index contributed by atoms with van der Waals surface area (Å²) in [5.74, 6) is 0.0890. The number of rotatable bonds is 3. The first kappa shape index (κ1) is 16.4. The second-order valence-electron chi connectivity index (χ2n) is 4.39. The van der Waals surface area contributed by atoms with E-state index in [1.54, 1.807) is 0 Å². The topological polar surface area (TPSA) is 38.3 Å². The number of amides is 1. The molecule has 0 saturated carbocycles. The molecule has 2 aromatic carbocycles. The van der Waals surface area contributed by atoms with Gasteiger partial charge in [-0.2, -0.15) is 0 Å². The number of ether oxygens (including phenoxy) is 1. The third-order valence-electron chi connectivity index (χ3n) is 2.90. The molecule has 0 unspecified atom stereocenters. The van der Waals surface area contributed by atoms with Crippen LogP contribution in [0.3, 0.4) is 0 Å². The number of anilines is 1. The Kier molecular flexibility index (Phi) is 5.35. The maximum atomic E-state index is 12.3. The number of nitrogens with one attached hydrogen (secondary N) is 1. The van der Waals surface area contributed by atoms with Crippen molar-refractivity contribution in [1.82, 2.24) is 0 Å². The number of aryl methyl sites for hydroxylation is 1. The maximum Gasteiger partial charge on any atom is 0.255 e. The fourth-order valence-corrected chi connectivity index (χ4v) is 3.14. The minimum absolute atomic E-state index is 0.272. The SMILES string of the molecule is COc1c(Cl)cc(C(=O)Nc2ccc(I)cc2C)cc1Cl. The van der Waals surface area contributed by atoms with Gasteiger partial charge in [-0.05, 0) is 65.4 Å². The van der Waals surface area contributed by atoms with Gasteiger partial charge < -0.3 is 10.1 Å². The Morgan fingerprint density at radius 2 is 1.81 bits per heavy atom. The highest BCUT2D eigenvalue weighted by atomic mass is 127. The monoisotopic (exact) mass is 435 g/mol. The van der Waals surface area contributed by atoms with Gasteiger partial charge in [0.15, 0.2) is 5.75 Å². The molecule has 3 nitrogen and oxygen atoms in total. The van der Waals surface area contributed by atoms with E-state index < -0.39 is 0 Å². The fraction of sp³-hybridized carbons (Fsp3) is 0.133. The van der Waals surface area contributed by atoms with Crippen LogP contribution >= 0.6 is 45.8 Å². The van der Waals surface area contributed by atoms with Gasteiger partial charge in [-0.25, -0.2) is 0 Å². The molecule has 0 aliphatic heterocycles. The average molecular weight is 436 g/mol. The van der Waals surface area contributed by atoms with Gasteiger partial charge in [0, 0.05) is 14.8 Å². The van der Waals surface area contributed by atoms with Crippen molar-refractivity contribution in [2.75, 3.05) is 12.4 Å². The quantitative estimate of drug-likeness (QED) is 0.675. The van der Waals surface area contributed by atoms with Crippen LogP contribution in [0.1, 0.15) is 15.9 Å². The molecule has 0 bridgehead atoms. The van der Waals surface area contributed by atoms with Crippen molar-refractivity contribution < 1.29 is 9.53 Å². The van der Waals surface area contributed by atoms with E-state index in [0.717, 1.165) is 14.8 Å². The van der Waals surface area contributed by atoms with Crippen LogP contribution in [0.4, 0.5) is 5.69 Å². The molecule has 1 amide bonds. The van der Waals surface area contributed by atoms with Crippen molar-refractivity contribution in [3.05, 3.63) is 55.1 Å². The smallest absolute Gasteiger partial charge is 0.255 e. The molecule has 0 aromatic heterocycles. The molecule has 0 fully saturated rings. The van der Waals surface area contributed by atoms with E-state index in [2.05, 4.69) is 27.9 Å². The number of hydrogen-bond donors (Lipinski definition) is 1. The first-order valence-corrected chi connectivity index (χ1v) is 7.86. The highest BCUT2D eigenvalue weighted by Crippen LogP contribution is 2.34. The van der Waals surface area contributed by atoms with Crippen LogP contribution < -0.4 is 10.1 Å². The van der Waals surface area contributed by atoms with Gasteiger partial charge in [0.25, 0.3) is 5.91 Å². The van der Waals surface area contributed by atoms with Crippen LogP contribution in [-0.4, -0.2) is 13.0 Å². The molecule has 2 rings (SSSR count). The lowest BCUT2D eigenvalue weighted by Gasteiger charge is -2.11. The van der Waals surface area contributed by atoms with Crippen molar-refractivity contribution in [2.45, 2.75) is 6.92 Å². The zero-order valence-corrected chi connectivity index (χ0v) is 15.0. The van der Waals surface area contributed by atoms with E-state index >= 15 is 0 Å². The lowest BCUT2D eigenvalue weighted by molar-refractivity contribution is 0.102. The van der Waals surface area contributed by atoms with Crippen molar-refractivity contribution in [3.63, 3.8) is 0 Å². The van der Waals surface area contributed by atoms with E-state index in [9.17, 15) is 4.79 Å². The summed E-state index contributed by atoms with van der Waals surface area (Å²) in [5, 5.41) is 3.45. The van der Waals surface area contributed by atoms with Gasteiger partial charge in [0.1, 0.15) is 0 Å². The number of methoxy groups -OCH3 is 1. The molecule has 2 aromatic rings. The third-order valence-corrected chi connectivity index (χ3v) is 4.13. The Labute approximate surface area is 146 Å². The van der Waals surface area contributed by atoms with Crippen LogP contribution in [0.2, 0.25) is 10.0 Å². The summed E-state index contributed by atoms with van der Waals surface area (Å²) in [4.78, 5) is 12.3. The molecule has 1 N–H and O–H groups in total. The highest BCUT2D eigenvalue weighted by molar-refractivity contribution is 14.1. The zero-order chi connectivity index (χ0) is 15.6. The first-order valence-electron chi connectivity index (χ1n) is 6.03. The van der Waals surface area contributed by atoms with Crippen LogP contribution in [0, 0.1) is 10.5 Å². The number of benzene rings is 2. The largest absolute Gasteiger partial charge is 0.494 e. The zero-order valence-electron chi connectivity index (χ0n) is 11.3. The molecule has 0 atom stereocenters. The summed E-state index contributed by atoms with van der Waals surface area (Å²) < 4.78 is 6.17. The molecule has 6 heteroatoms. The Morgan fingerprint density at radius 1 is 1.19 bits per heavy atom. The standard InChI is InChI=1S/C15H12Cl2INO2/c1-8-5-10(18)3-4-13(8)19-15(20)9-6-11(16)14(21-2)12(17)7-9/h3-7H,1-2H3,(H,19,20). The number of hydrogen-bond acceptors (Lipinski definition) is 2. The van der Waals surface area contributed by atoms with Gasteiger partial charge in [0.2, 0.25) is 0 Å². The third kappa shape index (κ3) is 3.81. The lowest BCUT2D eigenvalue weighted by Crippen LogP contribution is -2.13. The maximum absolute atomic E-state index is 12.3. The summed E-state index contributed by atoms with van der Waals surface area (Å²) in [7, 11) is 1.47. The molecule has 0 aliphatic carbocycles. The van der Waals surface area contributed by atoms with Gasteiger partial charge >= 0.3 is 0 Å². The summed E-state index contributed by atoms with van der Waals surface area (Å²) >= 11 is 14.3. The van der Waals surface area contributed by atoms with Crippen molar-refractivity contribution in [2.24, 2.45) is 0 Å². The molecule has 21 heavy (non-hydrogen) atoms. The van der Waals surface area contributed by atoms with E-state index in [-0.39, 0.29) is 5.91 Å². The second kappa shape index (κ2) is 6.85. The number of carbonyl (C=O) groups excluding carboxylic acids is 1. The highest BCUT2D eigenvalue weighted by Gasteiger charge is 2.14. The Hall–Kier alpha value is -0.980. The fourth-order valence-electron chi connectivity index (χ4n) is 1.85. The molecular formula is C15H12Cl2INO2. The number of halogens is 3. The minimum Gasteiger partial charge on any atom is -0.494 e. The molecule has 0 spiro atoms. The second-order valence-corrected chi connectivity index (χ2v) is 6.45. The Balaban J connectivity index is 2.28. The van der Waals surface area contributed by atoms with Gasteiger partial charge in [-0.3, -0.25) is 4.79 Å². The predicted octanol–water partition coefficient (Wildman–Crippen LogP) is 5.17. The van der Waals surface area contributed by atoms with E-state index in [0.29, 0.717) is 21.4 Å². The van der Waals surface area contributed by atoms with Crippen molar-refractivity contribution in [1.29, 1.82) is 0 Å². The first-order chi connectivity index (χ1) is 9.92. The van der Waals surface area contributed by atoms with Crippen LogP contribution in [0.15, 0.2) is 30.3 Å². The summed E-state index contributed by atoms with van der Waals surface area (Å²) in [6.45, 7) is 1.94. The molecule has 0 radical (unpaired) electrons. The minimum atomic E-state index is -0.272. The summed E-state index contributed by atoms with van der Waals surface area (Å²) in [6, 6.07) is 8.84. The lowest BCUT2D eigenvalue weighted by atomic mass is 10.1. The van der Waals surface area contributed by atoms with Crippen LogP contribution in [0.5, 0.6) is 5.75 Å². The normalized spacial score (nSPS) is 10.3. The Morgan fingerprint density at radius 3 is 2.33 bits per heavy atom. The van der Waals surface area contributed by atoms with Crippen LogP contribution in [-0.2, 0) is 0 Å². The van der Waals surface area contributed by atoms with Crippen molar-refractivity contribution >= 4 is 57.4 Å². The molecular weight excluding hydrogens is 424 g/mol. The summed E-state index contributed by atoms with van der Waals surface area (Å²) in [5.41, 5.74) is 2.12. The van der Waals surface area contributed by atoms with Gasteiger partial charge in [-0.1, -0.05) is 23.2 Å². The number of carbonyl (C=O) groups is 1. The van der Waals surface area contributed by atoms with Gasteiger partial charge in [0.05, 0.1) is 17.2 Å². The molecule has 0 saturated heterocycles. The molecule has 110 valence electrons. The van der Waals surface area contributed by atoms with Crippen molar-refractivity contribution in [3.8, 4) is 5.75 Å². The molecule has 0 aliphatic rings. The van der Waals surface area contributed by atoms with Gasteiger partial charge in [-0.15, -0.1) is 0 Å². The average Bonchev–Trinajstić information content (AvgIpc) is 2.41. The Bertz CT molecular complexity index is 681. The summed E-state index contributed by atoms with van der Waals surface area (Å²) in [6.07, 6.45) is 0. The van der Waals surface area contributed by atoms with Crippen LogP contribution in [0.25, 0.3) is 0 Å².